The molecule has 1 amide bonds. The van der Waals surface area contributed by atoms with Crippen molar-refractivity contribution in [2.75, 3.05) is 0 Å². The molecule has 2 N–H and O–H groups in total. The van der Waals surface area contributed by atoms with Crippen LogP contribution in [0.1, 0.15) is 43.5 Å². The van der Waals surface area contributed by atoms with Crippen LogP contribution in [-0.2, 0) is 24.3 Å². The zero-order valence-corrected chi connectivity index (χ0v) is 17.7. The third-order valence-corrected chi connectivity index (χ3v) is 5.89. The van der Waals surface area contributed by atoms with Gasteiger partial charge < -0.3 is 15.2 Å². The van der Waals surface area contributed by atoms with E-state index >= 15 is 0 Å². The van der Waals surface area contributed by atoms with Gasteiger partial charge >= 0.3 is 0 Å². The Balaban J connectivity index is 0.00000140. The molecule has 154 valence electrons. The van der Waals surface area contributed by atoms with Crippen LogP contribution in [0.2, 0.25) is 0 Å². The number of amides is 1. The molecule has 2 aliphatic rings. The van der Waals surface area contributed by atoms with Gasteiger partial charge in [-0.15, -0.1) is 24.8 Å². The average Bonchev–Trinajstić information content (AvgIpc) is 3.31. The summed E-state index contributed by atoms with van der Waals surface area (Å²) in [6.45, 7) is 1.37. The number of fused-ring (bicyclic) bond motifs is 1. The van der Waals surface area contributed by atoms with Crippen LogP contribution in [0.25, 0.3) is 0 Å². The van der Waals surface area contributed by atoms with E-state index in [2.05, 4.69) is 44.5 Å². The zero-order valence-electron chi connectivity index (χ0n) is 16.0. The summed E-state index contributed by atoms with van der Waals surface area (Å²) in [5, 5.41) is 6.64. The number of carbonyl (C=O) groups excluding carboxylic acids is 1. The van der Waals surface area contributed by atoms with E-state index in [-0.39, 0.29) is 36.8 Å². The second kappa shape index (κ2) is 10.8. The van der Waals surface area contributed by atoms with Gasteiger partial charge in [0.15, 0.2) is 0 Å². The number of hydrogen-bond donors (Lipinski definition) is 2. The van der Waals surface area contributed by atoms with Gasteiger partial charge in [0.1, 0.15) is 5.82 Å². The van der Waals surface area contributed by atoms with E-state index in [1.807, 2.05) is 18.5 Å². The summed E-state index contributed by atoms with van der Waals surface area (Å²) >= 11 is 0. The first kappa shape index (κ1) is 22.7. The Labute approximate surface area is 179 Å². The summed E-state index contributed by atoms with van der Waals surface area (Å²) < 4.78 is 2.13. The van der Waals surface area contributed by atoms with Crippen molar-refractivity contribution in [2.45, 2.75) is 63.7 Å². The molecular formula is C21H30Cl2N4O. The van der Waals surface area contributed by atoms with Crippen LogP contribution in [0.3, 0.4) is 0 Å². The van der Waals surface area contributed by atoms with E-state index in [1.54, 1.807) is 0 Å². The molecule has 1 aromatic carbocycles. The third kappa shape index (κ3) is 5.49. The SMILES string of the molecule is Cl.Cl.O=C(NCc1nccn1CCc1ccccc1)C1CC2CCCCC2N1. The number of benzene rings is 1. The predicted molar refractivity (Wildman–Crippen MR) is 116 cm³/mol. The lowest BCUT2D eigenvalue weighted by atomic mass is 9.85. The van der Waals surface area contributed by atoms with Crippen molar-refractivity contribution in [3.8, 4) is 0 Å². The Bertz CT molecular complexity index is 723. The minimum absolute atomic E-state index is 0. The quantitative estimate of drug-likeness (QED) is 0.745. The summed E-state index contributed by atoms with van der Waals surface area (Å²) in [7, 11) is 0. The molecular weight excluding hydrogens is 395 g/mol. The summed E-state index contributed by atoms with van der Waals surface area (Å²) in [5.41, 5.74) is 1.31. The largest absolute Gasteiger partial charge is 0.348 e. The van der Waals surface area contributed by atoms with Crippen LogP contribution in [0.4, 0.5) is 0 Å². The number of nitrogens with zero attached hydrogens (tertiary/aromatic N) is 2. The molecule has 2 heterocycles. The molecule has 1 aliphatic carbocycles. The Hall–Kier alpha value is -1.56. The van der Waals surface area contributed by atoms with Crippen LogP contribution in [0.15, 0.2) is 42.7 Å². The van der Waals surface area contributed by atoms with E-state index in [1.165, 1.54) is 31.2 Å². The Kier molecular flexibility index (Phi) is 8.80. The molecule has 7 heteroatoms. The number of halogens is 2. The molecule has 28 heavy (non-hydrogen) atoms. The minimum atomic E-state index is -0.0316. The fourth-order valence-electron chi connectivity index (χ4n) is 4.42. The lowest BCUT2D eigenvalue weighted by Gasteiger charge is -2.24. The Morgan fingerprint density at radius 1 is 1.18 bits per heavy atom. The maximum Gasteiger partial charge on any atom is 0.237 e. The van der Waals surface area contributed by atoms with E-state index in [9.17, 15) is 4.79 Å². The first-order chi connectivity index (χ1) is 12.8. The Morgan fingerprint density at radius 3 is 2.75 bits per heavy atom. The summed E-state index contributed by atoms with van der Waals surface area (Å²) in [4.78, 5) is 17.0. The lowest BCUT2D eigenvalue weighted by Crippen LogP contribution is -2.43. The minimum Gasteiger partial charge on any atom is -0.348 e. The highest BCUT2D eigenvalue weighted by Crippen LogP contribution is 2.33. The van der Waals surface area contributed by atoms with Gasteiger partial charge in [0.2, 0.25) is 5.91 Å². The van der Waals surface area contributed by atoms with Gasteiger partial charge in [0.05, 0.1) is 12.6 Å². The number of hydrogen-bond acceptors (Lipinski definition) is 3. The molecule has 2 fully saturated rings. The van der Waals surface area contributed by atoms with Gasteiger partial charge in [-0.25, -0.2) is 4.98 Å². The summed E-state index contributed by atoms with van der Waals surface area (Å²) in [5.74, 6) is 1.73. The van der Waals surface area contributed by atoms with E-state index in [4.69, 9.17) is 0 Å². The molecule has 0 bridgehead atoms. The maximum atomic E-state index is 12.6. The van der Waals surface area contributed by atoms with Gasteiger partial charge in [0, 0.05) is 25.0 Å². The number of nitrogens with one attached hydrogen (secondary N) is 2. The maximum absolute atomic E-state index is 12.6. The van der Waals surface area contributed by atoms with Gasteiger partial charge in [-0.3, -0.25) is 4.79 Å². The number of rotatable bonds is 6. The number of carbonyl (C=O) groups is 1. The highest BCUT2D eigenvalue weighted by Gasteiger charge is 2.38. The van der Waals surface area contributed by atoms with Crippen molar-refractivity contribution in [1.29, 1.82) is 0 Å². The molecule has 5 nitrogen and oxygen atoms in total. The van der Waals surface area contributed by atoms with E-state index in [0.29, 0.717) is 18.5 Å². The Morgan fingerprint density at radius 2 is 1.96 bits per heavy atom. The molecule has 1 aliphatic heterocycles. The van der Waals surface area contributed by atoms with Gasteiger partial charge in [-0.1, -0.05) is 43.2 Å². The van der Waals surface area contributed by atoms with Gasteiger partial charge in [0.25, 0.3) is 0 Å². The fourth-order valence-corrected chi connectivity index (χ4v) is 4.42. The molecule has 3 atom stereocenters. The van der Waals surface area contributed by atoms with Crippen LogP contribution in [0, 0.1) is 5.92 Å². The topological polar surface area (TPSA) is 59.0 Å². The van der Waals surface area contributed by atoms with Gasteiger partial charge in [-0.2, -0.15) is 0 Å². The molecule has 0 spiro atoms. The van der Waals surface area contributed by atoms with Crippen LogP contribution in [-0.4, -0.2) is 27.5 Å². The third-order valence-electron chi connectivity index (χ3n) is 5.89. The molecule has 2 aromatic rings. The molecule has 4 rings (SSSR count). The first-order valence-corrected chi connectivity index (χ1v) is 9.87. The second-order valence-corrected chi connectivity index (χ2v) is 7.60. The van der Waals surface area contributed by atoms with Crippen molar-refractivity contribution in [1.82, 2.24) is 20.2 Å². The van der Waals surface area contributed by atoms with Crippen LogP contribution in [0.5, 0.6) is 0 Å². The molecule has 0 radical (unpaired) electrons. The first-order valence-electron chi connectivity index (χ1n) is 9.87. The second-order valence-electron chi connectivity index (χ2n) is 7.60. The van der Waals surface area contributed by atoms with Crippen LogP contribution < -0.4 is 10.6 Å². The molecule has 3 unspecified atom stereocenters. The van der Waals surface area contributed by atoms with E-state index < -0.39 is 0 Å². The molecule has 1 aromatic heterocycles. The summed E-state index contributed by atoms with van der Waals surface area (Å²) in [6.07, 6.45) is 10.9. The fraction of sp³-hybridized carbons (Fsp3) is 0.524. The highest BCUT2D eigenvalue weighted by molar-refractivity contribution is 5.85. The van der Waals surface area contributed by atoms with Crippen molar-refractivity contribution in [3.63, 3.8) is 0 Å². The standard InChI is InChI=1S/C21H28N4O.2ClH/c26-21(19-14-17-8-4-5-9-18(17)24-19)23-15-20-22-11-13-25(20)12-10-16-6-2-1-3-7-16;;/h1-3,6-7,11,13,17-19,24H,4-5,8-10,12,14-15H2,(H,23,26);2*1H. The van der Waals surface area contributed by atoms with E-state index in [0.717, 1.165) is 25.2 Å². The van der Waals surface area contributed by atoms with Crippen molar-refractivity contribution >= 4 is 30.7 Å². The predicted octanol–water partition coefficient (Wildman–Crippen LogP) is 3.51. The van der Waals surface area contributed by atoms with Crippen molar-refractivity contribution < 1.29 is 4.79 Å². The monoisotopic (exact) mass is 424 g/mol. The lowest BCUT2D eigenvalue weighted by molar-refractivity contribution is -0.123. The smallest absolute Gasteiger partial charge is 0.237 e. The summed E-state index contributed by atoms with van der Waals surface area (Å²) in [6, 6.07) is 11.0. The van der Waals surface area contributed by atoms with Gasteiger partial charge in [-0.05, 0) is 37.2 Å². The highest BCUT2D eigenvalue weighted by atomic mass is 35.5. The van der Waals surface area contributed by atoms with Crippen molar-refractivity contribution in [2.24, 2.45) is 5.92 Å². The number of imidazole rings is 1. The average molecular weight is 425 g/mol. The molecule has 1 saturated carbocycles. The van der Waals surface area contributed by atoms with Crippen molar-refractivity contribution in [3.05, 3.63) is 54.1 Å². The van der Waals surface area contributed by atoms with Crippen LogP contribution >= 0.6 is 24.8 Å². The molecule has 1 saturated heterocycles. The number of aryl methyl sites for hydroxylation is 2. The number of aromatic nitrogens is 2. The zero-order chi connectivity index (χ0) is 17.8. The normalized spacial score (nSPS) is 23.2.